The number of rotatable bonds is 4. The highest BCUT2D eigenvalue weighted by Crippen LogP contribution is 2.17. The summed E-state index contributed by atoms with van der Waals surface area (Å²) in [5.74, 6) is 0. The number of nitrogens with zero attached hydrogens (tertiary/aromatic N) is 2. The molecule has 1 N–H and O–H groups in total. The zero-order valence-electron chi connectivity index (χ0n) is 11.3. The van der Waals surface area contributed by atoms with Crippen LogP contribution in [0.5, 0.6) is 0 Å². The summed E-state index contributed by atoms with van der Waals surface area (Å²) in [6.45, 7) is 1.56. The van der Waals surface area contributed by atoms with Crippen LogP contribution < -0.4 is 5.32 Å². The van der Waals surface area contributed by atoms with E-state index in [1.807, 2.05) is 48.1 Å². The van der Waals surface area contributed by atoms with Gasteiger partial charge in [-0.25, -0.2) is 0 Å². The summed E-state index contributed by atoms with van der Waals surface area (Å²) in [4.78, 5) is 0. The highest BCUT2D eigenvalue weighted by atomic mass is 35.5. The zero-order chi connectivity index (χ0) is 13.9. The first-order chi connectivity index (χ1) is 9.74. The van der Waals surface area contributed by atoms with Gasteiger partial charge in [-0.2, -0.15) is 5.10 Å². The van der Waals surface area contributed by atoms with Gasteiger partial charge >= 0.3 is 0 Å². The number of benzene rings is 2. The van der Waals surface area contributed by atoms with Crippen LogP contribution in [-0.2, 0) is 20.1 Å². The number of halogens is 1. The Kier molecular flexibility index (Phi) is 3.72. The Labute approximate surface area is 123 Å². The SMILES string of the molecule is Cn1nc(CNCc2ccc(Cl)cc2)c2ccccc21. The van der Waals surface area contributed by atoms with Crippen molar-refractivity contribution in [2.75, 3.05) is 0 Å². The predicted molar refractivity (Wildman–Crippen MR) is 82.7 cm³/mol. The molecule has 0 saturated heterocycles. The summed E-state index contributed by atoms with van der Waals surface area (Å²) in [6, 6.07) is 16.2. The maximum atomic E-state index is 5.88. The van der Waals surface area contributed by atoms with Crippen LogP contribution in [-0.4, -0.2) is 9.78 Å². The van der Waals surface area contributed by atoms with Gasteiger partial charge in [-0.3, -0.25) is 4.68 Å². The fourth-order valence-electron chi connectivity index (χ4n) is 2.35. The van der Waals surface area contributed by atoms with Gasteiger partial charge in [0, 0.05) is 30.5 Å². The Morgan fingerprint density at radius 3 is 2.60 bits per heavy atom. The first kappa shape index (κ1) is 13.2. The normalized spacial score (nSPS) is 11.1. The van der Waals surface area contributed by atoms with E-state index in [1.165, 1.54) is 10.9 Å². The van der Waals surface area contributed by atoms with E-state index in [1.54, 1.807) is 0 Å². The van der Waals surface area contributed by atoms with E-state index >= 15 is 0 Å². The van der Waals surface area contributed by atoms with Crippen molar-refractivity contribution >= 4 is 22.5 Å². The molecule has 0 amide bonds. The van der Waals surface area contributed by atoms with Crippen LogP contribution in [0, 0.1) is 0 Å². The third kappa shape index (κ3) is 2.69. The first-order valence-electron chi connectivity index (χ1n) is 6.60. The maximum absolute atomic E-state index is 5.88. The van der Waals surface area contributed by atoms with E-state index in [2.05, 4.69) is 22.5 Å². The minimum absolute atomic E-state index is 0.754. The van der Waals surface area contributed by atoms with Crippen molar-refractivity contribution in [3.8, 4) is 0 Å². The van der Waals surface area contributed by atoms with Gasteiger partial charge in [0.1, 0.15) is 0 Å². The van der Waals surface area contributed by atoms with Crippen molar-refractivity contribution < 1.29 is 0 Å². The van der Waals surface area contributed by atoms with E-state index in [4.69, 9.17) is 11.6 Å². The fraction of sp³-hybridized carbons (Fsp3) is 0.188. The average molecular weight is 286 g/mol. The Bertz CT molecular complexity index is 716. The molecule has 0 aliphatic heterocycles. The number of fused-ring (bicyclic) bond motifs is 1. The highest BCUT2D eigenvalue weighted by molar-refractivity contribution is 6.30. The Morgan fingerprint density at radius 1 is 1.05 bits per heavy atom. The summed E-state index contributed by atoms with van der Waals surface area (Å²) in [6.07, 6.45) is 0. The summed E-state index contributed by atoms with van der Waals surface area (Å²) in [7, 11) is 1.98. The second-order valence-electron chi connectivity index (χ2n) is 4.82. The van der Waals surface area contributed by atoms with E-state index in [0.717, 1.165) is 29.3 Å². The summed E-state index contributed by atoms with van der Waals surface area (Å²) in [5, 5.41) is 9.97. The number of hydrogen-bond donors (Lipinski definition) is 1. The molecule has 3 nitrogen and oxygen atoms in total. The molecule has 0 aliphatic carbocycles. The van der Waals surface area contributed by atoms with Crippen molar-refractivity contribution in [3.63, 3.8) is 0 Å². The molecule has 3 rings (SSSR count). The molecule has 2 aromatic carbocycles. The fourth-order valence-corrected chi connectivity index (χ4v) is 2.47. The lowest BCUT2D eigenvalue weighted by molar-refractivity contribution is 0.662. The summed E-state index contributed by atoms with van der Waals surface area (Å²) < 4.78 is 1.93. The zero-order valence-corrected chi connectivity index (χ0v) is 12.1. The molecule has 0 fully saturated rings. The van der Waals surface area contributed by atoms with Gasteiger partial charge in [-0.05, 0) is 23.8 Å². The highest BCUT2D eigenvalue weighted by Gasteiger charge is 2.06. The first-order valence-corrected chi connectivity index (χ1v) is 6.97. The van der Waals surface area contributed by atoms with Gasteiger partial charge < -0.3 is 5.32 Å². The van der Waals surface area contributed by atoms with E-state index in [0.29, 0.717) is 0 Å². The molecule has 102 valence electrons. The van der Waals surface area contributed by atoms with Gasteiger partial charge in [-0.1, -0.05) is 41.9 Å². The largest absolute Gasteiger partial charge is 0.307 e. The van der Waals surface area contributed by atoms with Gasteiger partial charge in [0.25, 0.3) is 0 Å². The molecule has 4 heteroatoms. The summed E-state index contributed by atoms with van der Waals surface area (Å²) >= 11 is 5.88. The summed E-state index contributed by atoms with van der Waals surface area (Å²) in [5.41, 5.74) is 3.46. The van der Waals surface area contributed by atoms with Crippen molar-refractivity contribution in [1.29, 1.82) is 0 Å². The van der Waals surface area contributed by atoms with Crippen LogP contribution in [0.3, 0.4) is 0 Å². The van der Waals surface area contributed by atoms with Gasteiger partial charge in [0.2, 0.25) is 0 Å². The molecule has 0 radical (unpaired) electrons. The van der Waals surface area contributed by atoms with E-state index in [-0.39, 0.29) is 0 Å². The Hall–Kier alpha value is -1.84. The molecule has 0 aliphatic rings. The van der Waals surface area contributed by atoms with Crippen LogP contribution in [0.1, 0.15) is 11.3 Å². The van der Waals surface area contributed by atoms with Crippen LogP contribution in [0.25, 0.3) is 10.9 Å². The molecule has 0 atom stereocenters. The van der Waals surface area contributed by atoms with Gasteiger partial charge in [0.05, 0.1) is 11.2 Å². The lowest BCUT2D eigenvalue weighted by atomic mass is 10.2. The van der Waals surface area contributed by atoms with Crippen LogP contribution in [0.4, 0.5) is 0 Å². The van der Waals surface area contributed by atoms with E-state index < -0.39 is 0 Å². The molecular formula is C16H16ClN3. The molecule has 20 heavy (non-hydrogen) atoms. The van der Waals surface area contributed by atoms with Crippen LogP contribution in [0.15, 0.2) is 48.5 Å². The smallest absolute Gasteiger partial charge is 0.0841 e. The van der Waals surface area contributed by atoms with Crippen molar-refractivity contribution in [1.82, 2.24) is 15.1 Å². The lowest BCUT2D eigenvalue weighted by Gasteiger charge is -2.03. The minimum Gasteiger partial charge on any atom is -0.307 e. The number of hydrogen-bond acceptors (Lipinski definition) is 2. The third-order valence-electron chi connectivity index (χ3n) is 3.37. The van der Waals surface area contributed by atoms with Crippen LogP contribution in [0.2, 0.25) is 5.02 Å². The third-order valence-corrected chi connectivity index (χ3v) is 3.62. The molecule has 3 aromatic rings. The van der Waals surface area contributed by atoms with Crippen LogP contribution >= 0.6 is 11.6 Å². The number of aryl methyl sites for hydroxylation is 1. The number of para-hydroxylation sites is 1. The monoisotopic (exact) mass is 285 g/mol. The molecular weight excluding hydrogens is 270 g/mol. The van der Waals surface area contributed by atoms with E-state index in [9.17, 15) is 0 Å². The molecule has 0 bridgehead atoms. The standard InChI is InChI=1S/C16H16ClN3/c1-20-16-5-3-2-4-14(16)15(19-20)11-18-10-12-6-8-13(17)9-7-12/h2-9,18H,10-11H2,1H3. The number of aromatic nitrogens is 2. The average Bonchev–Trinajstić information content (AvgIpc) is 2.79. The second-order valence-corrected chi connectivity index (χ2v) is 5.25. The topological polar surface area (TPSA) is 29.9 Å². The Morgan fingerprint density at radius 2 is 1.80 bits per heavy atom. The molecule has 0 spiro atoms. The number of nitrogens with one attached hydrogen (secondary N) is 1. The molecule has 1 heterocycles. The lowest BCUT2D eigenvalue weighted by Crippen LogP contribution is -2.13. The minimum atomic E-state index is 0.754. The van der Waals surface area contributed by atoms with Gasteiger partial charge in [0.15, 0.2) is 0 Å². The Balaban J connectivity index is 1.70. The van der Waals surface area contributed by atoms with Gasteiger partial charge in [-0.15, -0.1) is 0 Å². The molecule has 1 aromatic heterocycles. The molecule has 0 unspecified atom stereocenters. The van der Waals surface area contributed by atoms with Crippen molar-refractivity contribution in [2.45, 2.75) is 13.1 Å². The quantitative estimate of drug-likeness (QED) is 0.795. The molecule has 0 saturated carbocycles. The second kappa shape index (κ2) is 5.65. The van der Waals surface area contributed by atoms with Crippen molar-refractivity contribution in [2.24, 2.45) is 7.05 Å². The maximum Gasteiger partial charge on any atom is 0.0841 e. The van der Waals surface area contributed by atoms with Crippen molar-refractivity contribution in [3.05, 3.63) is 64.8 Å². The predicted octanol–water partition coefficient (Wildman–Crippen LogP) is 3.52.